The molecule has 16 heavy (non-hydrogen) atoms. The first-order chi connectivity index (χ1) is 7.61. The second-order valence-electron chi connectivity index (χ2n) is 4.41. The Morgan fingerprint density at radius 3 is 2.88 bits per heavy atom. The van der Waals surface area contributed by atoms with Gasteiger partial charge in [0.15, 0.2) is 0 Å². The number of carbonyl (C=O) groups excluding carboxylic acids is 2. The molecule has 1 fully saturated rings. The van der Waals surface area contributed by atoms with Crippen molar-refractivity contribution in [2.24, 2.45) is 11.7 Å². The molecule has 5 heteroatoms. The molecule has 0 aromatic heterocycles. The molecule has 2 unspecified atom stereocenters. The van der Waals surface area contributed by atoms with E-state index in [-0.39, 0.29) is 17.9 Å². The second-order valence-corrected chi connectivity index (χ2v) is 4.41. The quantitative estimate of drug-likeness (QED) is 0.567. The molecule has 0 aliphatic carbocycles. The van der Waals surface area contributed by atoms with Crippen molar-refractivity contribution in [3.05, 3.63) is 0 Å². The smallest absolute Gasteiger partial charge is 0.237 e. The SMILES string of the molecule is CC1CCCNC1C(=O)NCCCC(N)=O. The summed E-state index contributed by atoms with van der Waals surface area (Å²) in [6, 6.07) is -0.0812. The molecule has 0 radical (unpaired) electrons. The largest absolute Gasteiger partial charge is 0.370 e. The van der Waals surface area contributed by atoms with Gasteiger partial charge in [-0.3, -0.25) is 9.59 Å². The molecule has 0 aromatic rings. The lowest BCUT2D eigenvalue weighted by Crippen LogP contribution is -2.51. The summed E-state index contributed by atoms with van der Waals surface area (Å²) >= 11 is 0. The lowest BCUT2D eigenvalue weighted by Gasteiger charge is -2.28. The molecule has 1 aliphatic heterocycles. The molecule has 0 spiro atoms. The van der Waals surface area contributed by atoms with Crippen LogP contribution in [-0.2, 0) is 9.59 Å². The van der Waals surface area contributed by atoms with Crippen molar-refractivity contribution in [2.75, 3.05) is 13.1 Å². The van der Waals surface area contributed by atoms with Crippen LogP contribution < -0.4 is 16.4 Å². The second kappa shape index (κ2) is 6.48. The minimum Gasteiger partial charge on any atom is -0.370 e. The third-order valence-electron chi connectivity index (χ3n) is 2.95. The van der Waals surface area contributed by atoms with E-state index >= 15 is 0 Å². The fraction of sp³-hybridized carbons (Fsp3) is 0.818. The summed E-state index contributed by atoms with van der Waals surface area (Å²) in [6.45, 7) is 3.51. The first-order valence-corrected chi connectivity index (χ1v) is 5.90. The number of primary amides is 1. The van der Waals surface area contributed by atoms with Gasteiger partial charge in [0.2, 0.25) is 11.8 Å². The molecular formula is C11H21N3O2. The maximum Gasteiger partial charge on any atom is 0.237 e. The third-order valence-corrected chi connectivity index (χ3v) is 2.95. The van der Waals surface area contributed by atoms with Crippen LogP contribution in [0.15, 0.2) is 0 Å². The van der Waals surface area contributed by atoms with Gasteiger partial charge < -0.3 is 16.4 Å². The first-order valence-electron chi connectivity index (χ1n) is 5.90. The van der Waals surface area contributed by atoms with E-state index in [0.29, 0.717) is 25.3 Å². The van der Waals surface area contributed by atoms with E-state index in [1.54, 1.807) is 0 Å². The van der Waals surface area contributed by atoms with Crippen molar-refractivity contribution in [1.29, 1.82) is 0 Å². The predicted octanol–water partition coefficient (Wildman–Crippen LogP) is -0.244. The van der Waals surface area contributed by atoms with Crippen LogP contribution >= 0.6 is 0 Å². The number of piperidine rings is 1. The standard InChI is InChI=1S/C11H21N3O2/c1-8-4-2-6-13-10(8)11(16)14-7-3-5-9(12)15/h8,10,13H,2-7H2,1H3,(H2,12,15)(H,14,16). The van der Waals surface area contributed by atoms with Crippen molar-refractivity contribution >= 4 is 11.8 Å². The predicted molar refractivity (Wildman–Crippen MR) is 61.6 cm³/mol. The van der Waals surface area contributed by atoms with Gasteiger partial charge in [-0.2, -0.15) is 0 Å². The minimum absolute atomic E-state index is 0.0386. The van der Waals surface area contributed by atoms with Crippen molar-refractivity contribution in [3.8, 4) is 0 Å². The molecule has 92 valence electrons. The van der Waals surface area contributed by atoms with E-state index < -0.39 is 0 Å². The van der Waals surface area contributed by atoms with Crippen LogP contribution in [-0.4, -0.2) is 30.9 Å². The molecule has 0 aromatic carbocycles. The van der Waals surface area contributed by atoms with Gasteiger partial charge in [-0.05, 0) is 31.7 Å². The average molecular weight is 227 g/mol. The van der Waals surface area contributed by atoms with Gasteiger partial charge in [0.05, 0.1) is 6.04 Å². The summed E-state index contributed by atoms with van der Waals surface area (Å²) in [5.74, 6) is 0.0972. The fourth-order valence-corrected chi connectivity index (χ4v) is 1.98. The molecule has 1 saturated heterocycles. The zero-order chi connectivity index (χ0) is 12.0. The normalized spacial score (nSPS) is 25.1. The summed E-state index contributed by atoms with van der Waals surface area (Å²) in [5, 5.41) is 6.04. The highest BCUT2D eigenvalue weighted by Crippen LogP contribution is 2.15. The number of amides is 2. The summed E-state index contributed by atoms with van der Waals surface area (Å²) in [7, 11) is 0. The molecule has 2 amide bonds. The number of carbonyl (C=O) groups is 2. The lowest BCUT2D eigenvalue weighted by molar-refractivity contribution is -0.125. The van der Waals surface area contributed by atoms with Gasteiger partial charge in [0, 0.05) is 13.0 Å². The van der Waals surface area contributed by atoms with Crippen LogP contribution in [0.25, 0.3) is 0 Å². The van der Waals surface area contributed by atoms with Gasteiger partial charge in [0.1, 0.15) is 0 Å². The molecule has 0 saturated carbocycles. The maximum absolute atomic E-state index is 11.8. The zero-order valence-corrected chi connectivity index (χ0v) is 9.79. The fourth-order valence-electron chi connectivity index (χ4n) is 1.98. The van der Waals surface area contributed by atoms with E-state index in [4.69, 9.17) is 5.73 Å². The Bertz CT molecular complexity index is 256. The number of rotatable bonds is 5. The van der Waals surface area contributed by atoms with E-state index in [2.05, 4.69) is 17.6 Å². The molecule has 0 bridgehead atoms. The highest BCUT2D eigenvalue weighted by molar-refractivity contribution is 5.82. The molecule has 1 heterocycles. The molecule has 1 rings (SSSR count). The lowest BCUT2D eigenvalue weighted by atomic mass is 9.92. The molecular weight excluding hydrogens is 206 g/mol. The van der Waals surface area contributed by atoms with Crippen molar-refractivity contribution < 1.29 is 9.59 Å². The van der Waals surface area contributed by atoms with Crippen molar-refractivity contribution in [3.63, 3.8) is 0 Å². The summed E-state index contributed by atoms with van der Waals surface area (Å²) < 4.78 is 0. The summed E-state index contributed by atoms with van der Waals surface area (Å²) in [4.78, 5) is 22.3. The van der Waals surface area contributed by atoms with E-state index in [1.165, 1.54) is 0 Å². The van der Waals surface area contributed by atoms with Crippen LogP contribution in [0, 0.1) is 5.92 Å². The van der Waals surface area contributed by atoms with Crippen molar-refractivity contribution in [2.45, 2.75) is 38.6 Å². The Morgan fingerprint density at radius 1 is 1.50 bits per heavy atom. The van der Waals surface area contributed by atoms with Crippen LogP contribution in [0.1, 0.15) is 32.6 Å². The first kappa shape index (κ1) is 13.0. The van der Waals surface area contributed by atoms with Gasteiger partial charge in [0.25, 0.3) is 0 Å². The number of hydrogen-bond donors (Lipinski definition) is 3. The van der Waals surface area contributed by atoms with E-state index in [0.717, 1.165) is 19.4 Å². The Morgan fingerprint density at radius 2 is 2.25 bits per heavy atom. The van der Waals surface area contributed by atoms with Gasteiger partial charge in [-0.15, -0.1) is 0 Å². The van der Waals surface area contributed by atoms with Crippen LogP contribution in [0.3, 0.4) is 0 Å². The van der Waals surface area contributed by atoms with Crippen LogP contribution in [0.2, 0.25) is 0 Å². The summed E-state index contributed by atoms with van der Waals surface area (Å²) in [6.07, 6.45) is 3.16. The highest BCUT2D eigenvalue weighted by atomic mass is 16.2. The summed E-state index contributed by atoms with van der Waals surface area (Å²) in [5.41, 5.74) is 5.01. The number of nitrogens with one attached hydrogen (secondary N) is 2. The number of nitrogens with two attached hydrogens (primary N) is 1. The molecule has 2 atom stereocenters. The number of hydrogen-bond acceptors (Lipinski definition) is 3. The average Bonchev–Trinajstić information content (AvgIpc) is 2.24. The van der Waals surface area contributed by atoms with E-state index in [9.17, 15) is 9.59 Å². The molecule has 1 aliphatic rings. The van der Waals surface area contributed by atoms with Crippen molar-refractivity contribution in [1.82, 2.24) is 10.6 Å². The Labute approximate surface area is 96.1 Å². The molecule has 5 nitrogen and oxygen atoms in total. The zero-order valence-electron chi connectivity index (χ0n) is 9.79. The van der Waals surface area contributed by atoms with Gasteiger partial charge in [-0.1, -0.05) is 6.92 Å². The topological polar surface area (TPSA) is 84.2 Å². The van der Waals surface area contributed by atoms with Gasteiger partial charge in [-0.25, -0.2) is 0 Å². The Kier molecular flexibility index (Phi) is 5.25. The van der Waals surface area contributed by atoms with E-state index in [1.807, 2.05) is 0 Å². The monoisotopic (exact) mass is 227 g/mol. The molecule has 4 N–H and O–H groups in total. The van der Waals surface area contributed by atoms with Crippen LogP contribution in [0.4, 0.5) is 0 Å². The maximum atomic E-state index is 11.8. The minimum atomic E-state index is -0.321. The van der Waals surface area contributed by atoms with Crippen LogP contribution in [0.5, 0.6) is 0 Å². The van der Waals surface area contributed by atoms with Gasteiger partial charge >= 0.3 is 0 Å². The Balaban J connectivity index is 2.20. The highest BCUT2D eigenvalue weighted by Gasteiger charge is 2.26. The Hall–Kier alpha value is -1.10. The third kappa shape index (κ3) is 4.18.